The monoisotopic (exact) mass is 250 g/mol. The van der Waals surface area contributed by atoms with Crippen molar-refractivity contribution in [2.24, 2.45) is 0 Å². The standard InChI is InChI=1S/C15H10N2O2/c18-15(19)14-7-6-10(9-17-14)11-3-1-5-13-12(11)4-2-8-16-13/h1-9H,(H,18,19). The number of hydrogen-bond donors (Lipinski definition) is 1. The summed E-state index contributed by atoms with van der Waals surface area (Å²) in [6.07, 6.45) is 3.32. The molecule has 0 saturated carbocycles. The summed E-state index contributed by atoms with van der Waals surface area (Å²) in [4.78, 5) is 19.0. The van der Waals surface area contributed by atoms with Crippen molar-refractivity contribution in [1.82, 2.24) is 9.97 Å². The van der Waals surface area contributed by atoms with E-state index in [1.807, 2.05) is 30.3 Å². The molecule has 0 bridgehead atoms. The Balaban J connectivity index is 2.16. The first kappa shape index (κ1) is 11.3. The highest BCUT2D eigenvalue weighted by atomic mass is 16.4. The van der Waals surface area contributed by atoms with E-state index in [9.17, 15) is 4.79 Å². The molecule has 0 aliphatic rings. The normalized spacial score (nSPS) is 10.5. The molecule has 0 fully saturated rings. The minimum Gasteiger partial charge on any atom is -0.477 e. The number of fused-ring (bicyclic) bond motifs is 1. The molecule has 19 heavy (non-hydrogen) atoms. The van der Waals surface area contributed by atoms with Crippen LogP contribution in [0.2, 0.25) is 0 Å². The molecule has 4 nitrogen and oxygen atoms in total. The van der Waals surface area contributed by atoms with Crippen LogP contribution in [0.1, 0.15) is 10.5 Å². The van der Waals surface area contributed by atoms with Crippen LogP contribution in [-0.4, -0.2) is 21.0 Å². The molecule has 3 aromatic rings. The number of carboxylic acids is 1. The molecule has 0 spiro atoms. The molecule has 3 rings (SSSR count). The van der Waals surface area contributed by atoms with Gasteiger partial charge in [0.05, 0.1) is 5.52 Å². The molecular weight excluding hydrogens is 240 g/mol. The van der Waals surface area contributed by atoms with E-state index in [1.165, 1.54) is 6.07 Å². The van der Waals surface area contributed by atoms with Crippen LogP contribution in [0.25, 0.3) is 22.0 Å². The number of carboxylic acid groups (broad SMARTS) is 1. The SMILES string of the molecule is O=C(O)c1ccc(-c2cccc3ncccc23)cn1. The molecule has 2 aromatic heterocycles. The van der Waals surface area contributed by atoms with Gasteiger partial charge in [-0.25, -0.2) is 9.78 Å². The van der Waals surface area contributed by atoms with Crippen LogP contribution < -0.4 is 0 Å². The summed E-state index contributed by atoms with van der Waals surface area (Å²) in [6, 6.07) is 13.0. The van der Waals surface area contributed by atoms with Gasteiger partial charge in [-0.2, -0.15) is 0 Å². The number of pyridine rings is 2. The molecule has 0 unspecified atom stereocenters. The van der Waals surface area contributed by atoms with E-state index in [1.54, 1.807) is 18.5 Å². The van der Waals surface area contributed by atoms with Crippen molar-refractivity contribution in [2.45, 2.75) is 0 Å². The van der Waals surface area contributed by atoms with Crippen molar-refractivity contribution in [1.29, 1.82) is 0 Å². The van der Waals surface area contributed by atoms with Gasteiger partial charge in [-0.05, 0) is 23.8 Å². The van der Waals surface area contributed by atoms with Crippen LogP contribution in [0.15, 0.2) is 54.9 Å². The van der Waals surface area contributed by atoms with Gasteiger partial charge >= 0.3 is 5.97 Å². The number of nitrogens with zero attached hydrogens (tertiary/aromatic N) is 2. The zero-order valence-corrected chi connectivity index (χ0v) is 9.95. The lowest BCUT2D eigenvalue weighted by atomic mass is 10.0. The van der Waals surface area contributed by atoms with Gasteiger partial charge in [-0.3, -0.25) is 4.98 Å². The Hall–Kier alpha value is -2.75. The van der Waals surface area contributed by atoms with Crippen molar-refractivity contribution in [2.75, 3.05) is 0 Å². The fourth-order valence-electron chi connectivity index (χ4n) is 2.03. The van der Waals surface area contributed by atoms with Gasteiger partial charge in [0.1, 0.15) is 5.69 Å². The molecule has 0 saturated heterocycles. The highest BCUT2D eigenvalue weighted by Gasteiger charge is 2.07. The van der Waals surface area contributed by atoms with Gasteiger partial charge in [-0.15, -0.1) is 0 Å². The van der Waals surface area contributed by atoms with Gasteiger partial charge < -0.3 is 5.11 Å². The van der Waals surface area contributed by atoms with Crippen molar-refractivity contribution in [3.8, 4) is 11.1 Å². The average molecular weight is 250 g/mol. The first-order chi connectivity index (χ1) is 9.25. The highest BCUT2D eigenvalue weighted by Crippen LogP contribution is 2.26. The molecule has 4 heteroatoms. The summed E-state index contributed by atoms with van der Waals surface area (Å²) in [6.45, 7) is 0. The fraction of sp³-hybridized carbons (Fsp3) is 0. The molecule has 1 N–H and O–H groups in total. The first-order valence-electron chi connectivity index (χ1n) is 5.79. The first-order valence-corrected chi connectivity index (χ1v) is 5.79. The molecule has 0 aliphatic carbocycles. The Bertz CT molecular complexity index is 746. The lowest BCUT2D eigenvalue weighted by Gasteiger charge is -2.05. The number of rotatable bonds is 2. The fourth-order valence-corrected chi connectivity index (χ4v) is 2.03. The van der Waals surface area contributed by atoms with E-state index < -0.39 is 5.97 Å². The van der Waals surface area contributed by atoms with E-state index in [4.69, 9.17) is 5.11 Å². The molecular formula is C15H10N2O2. The van der Waals surface area contributed by atoms with E-state index >= 15 is 0 Å². The lowest BCUT2D eigenvalue weighted by molar-refractivity contribution is 0.0690. The highest BCUT2D eigenvalue weighted by molar-refractivity contribution is 5.94. The number of aromatic nitrogens is 2. The van der Waals surface area contributed by atoms with Gasteiger partial charge in [0.2, 0.25) is 0 Å². The smallest absolute Gasteiger partial charge is 0.354 e. The van der Waals surface area contributed by atoms with Gasteiger partial charge in [0, 0.05) is 23.3 Å². The molecule has 1 aromatic carbocycles. The molecule has 92 valence electrons. The maximum Gasteiger partial charge on any atom is 0.354 e. The predicted molar refractivity (Wildman–Crippen MR) is 71.9 cm³/mol. The summed E-state index contributed by atoms with van der Waals surface area (Å²) in [5.74, 6) is -1.02. The van der Waals surface area contributed by atoms with E-state index in [-0.39, 0.29) is 5.69 Å². The van der Waals surface area contributed by atoms with E-state index in [2.05, 4.69) is 9.97 Å². The van der Waals surface area contributed by atoms with Crippen LogP contribution in [0.5, 0.6) is 0 Å². The lowest BCUT2D eigenvalue weighted by Crippen LogP contribution is -1.99. The third-order valence-electron chi connectivity index (χ3n) is 2.94. The Morgan fingerprint density at radius 1 is 1.00 bits per heavy atom. The minimum atomic E-state index is -1.02. The molecule has 0 aliphatic heterocycles. The van der Waals surface area contributed by atoms with Crippen molar-refractivity contribution < 1.29 is 9.90 Å². The maximum atomic E-state index is 10.8. The zero-order valence-electron chi connectivity index (χ0n) is 9.95. The number of carbonyl (C=O) groups is 1. The summed E-state index contributed by atoms with van der Waals surface area (Å²) >= 11 is 0. The predicted octanol–water partition coefficient (Wildman–Crippen LogP) is 3.00. The quantitative estimate of drug-likeness (QED) is 0.759. The molecule has 0 atom stereocenters. The molecule has 0 radical (unpaired) electrons. The van der Waals surface area contributed by atoms with Crippen molar-refractivity contribution in [3.63, 3.8) is 0 Å². The average Bonchev–Trinajstić information content (AvgIpc) is 2.47. The number of aromatic carboxylic acids is 1. The molecule has 0 amide bonds. The summed E-state index contributed by atoms with van der Waals surface area (Å²) in [5.41, 5.74) is 2.82. The third-order valence-corrected chi connectivity index (χ3v) is 2.94. The maximum absolute atomic E-state index is 10.8. The second-order valence-corrected chi connectivity index (χ2v) is 4.11. The summed E-state index contributed by atoms with van der Waals surface area (Å²) < 4.78 is 0. The van der Waals surface area contributed by atoms with E-state index in [0.717, 1.165) is 22.0 Å². The Labute approximate surface area is 109 Å². The van der Waals surface area contributed by atoms with Gasteiger partial charge in [-0.1, -0.05) is 24.3 Å². The summed E-state index contributed by atoms with van der Waals surface area (Å²) in [7, 11) is 0. The zero-order chi connectivity index (χ0) is 13.2. The van der Waals surface area contributed by atoms with Crippen LogP contribution >= 0.6 is 0 Å². The van der Waals surface area contributed by atoms with Crippen molar-refractivity contribution in [3.05, 3.63) is 60.6 Å². The van der Waals surface area contributed by atoms with Gasteiger partial charge in [0.15, 0.2) is 0 Å². The number of benzene rings is 1. The van der Waals surface area contributed by atoms with E-state index in [0.29, 0.717) is 0 Å². The van der Waals surface area contributed by atoms with Gasteiger partial charge in [0.25, 0.3) is 0 Å². The second-order valence-electron chi connectivity index (χ2n) is 4.11. The Morgan fingerprint density at radius 3 is 2.63 bits per heavy atom. The van der Waals surface area contributed by atoms with Crippen LogP contribution in [0.4, 0.5) is 0 Å². The van der Waals surface area contributed by atoms with Crippen LogP contribution in [-0.2, 0) is 0 Å². The topological polar surface area (TPSA) is 63.1 Å². The number of hydrogen-bond acceptors (Lipinski definition) is 3. The van der Waals surface area contributed by atoms with Crippen molar-refractivity contribution >= 4 is 16.9 Å². The van der Waals surface area contributed by atoms with Crippen LogP contribution in [0, 0.1) is 0 Å². The molecule has 2 heterocycles. The largest absolute Gasteiger partial charge is 0.477 e. The Kier molecular flexibility index (Phi) is 2.68. The second kappa shape index (κ2) is 4.49. The van der Waals surface area contributed by atoms with Crippen LogP contribution in [0.3, 0.4) is 0 Å². The summed E-state index contributed by atoms with van der Waals surface area (Å²) in [5, 5.41) is 9.87. The Morgan fingerprint density at radius 2 is 1.89 bits per heavy atom. The minimum absolute atomic E-state index is 0.0436. The third kappa shape index (κ3) is 2.04.